The summed E-state index contributed by atoms with van der Waals surface area (Å²) in [6.07, 6.45) is -6.26. The van der Waals surface area contributed by atoms with Gasteiger partial charge in [0, 0.05) is 5.02 Å². The van der Waals surface area contributed by atoms with E-state index in [0.29, 0.717) is 0 Å². The second-order valence-corrected chi connectivity index (χ2v) is 3.64. The quantitative estimate of drug-likeness (QED) is 0.913. The first-order valence-corrected chi connectivity index (χ1v) is 4.84. The van der Waals surface area contributed by atoms with Crippen molar-refractivity contribution >= 4 is 17.6 Å². The van der Waals surface area contributed by atoms with Gasteiger partial charge in [-0.3, -0.25) is 0 Å². The van der Waals surface area contributed by atoms with Gasteiger partial charge in [0.25, 0.3) is 0 Å². The lowest BCUT2D eigenvalue weighted by molar-refractivity contribution is -0.193. The molecule has 0 amide bonds. The van der Waals surface area contributed by atoms with Crippen LogP contribution in [0.5, 0.6) is 0 Å². The Hall–Kier alpha value is -1.27. The lowest BCUT2D eigenvalue weighted by Crippen LogP contribution is -2.23. The van der Waals surface area contributed by atoms with Crippen LogP contribution in [0.15, 0.2) is 24.3 Å². The van der Waals surface area contributed by atoms with Crippen LogP contribution >= 0.6 is 11.6 Å². The first-order valence-electron chi connectivity index (χ1n) is 4.46. The topological polar surface area (TPSA) is 46.5 Å². The number of alkyl halides is 3. The average Bonchev–Trinajstić information content (AvgIpc) is 2.15. The molecule has 17 heavy (non-hydrogen) atoms. The number of ether oxygens (including phenoxy) is 1. The zero-order valence-electron chi connectivity index (χ0n) is 8.37. The zero-order valence-corrected chi connectivity index (χ0v) is 9.13. The summed E-state index contributed by atoms with van der Waals surface area (Å²) in [5.74, 6) is -1.50. The van der Waals surface area contributed by atoms with Gasteiger partial charge < -0.3 is 9.84 Å². The van der Waals surface area contributed by atoms with Crippen molar-refractivity contribution in [3.8, 4) is 0 Å². The zero-order chi connectivity index (χ0) is 13.1. The van der Waals surface area contributed by atoms with Gasteiger partial charge in [0.15, 0.2) is 6.10 Å². The second-order valence-electron chi connectivity index (χ2n) is 3.20. The van der Waals surface area contributed by atoms with E-state index in [9.17, 15) is 18.0 Å². The van der Waals surface area contributed by atoms with E-state index in [-0.39, 0.29) is 10.6 Å². The summed E-state index contributed by atoms with van der Waals surface area (Å²) < 4.78 is 40.1. The van der Waals surface area contributed by atoms with Crippen LogP contribution in [0.2, 0.25) is 5.02 Å². The molecule has 1 aromatic rings. The Labute approximate surface area is 99.8 Å². The van der Waals surface area contributed by atoms with E-state index >= 15 is 0 Å². The van der Waals surface area contributed by atoms with Crippen molar-refractivity contribution < 1.29 is 27.8 Å². The van der Waals surface area contributed by atoms with Gasteiger partial charge in [-0.15, -0.1) is 0 Å². The Morgan fingerprint density at radius 2 is 2.12 bits per heavy atom. The molecule has 1 atom stereocenters. The van der Waals surface area contributed by atoms with Crippen molar-refractivity contribution in [2.75, 3.05) is 6.61 Å². The fraction of sp³-hybridized carbons (Fsp3) is 0.300. The molecule has 94 valence electrons. The molecule has 0 heterocycles. The van der Waals surface area contributed by atoms with Gasteiger partial charge in [-0.25, -0.2) is 4.79 Å². The minimum atomic E-state index is -4.58. The first-order chi connectivity index (χ1) is 7.79. The molecule has 1 N–H and O–H groups in total. The van der Waals surface area contributed by atoms with Gasteiger partial charge in [-0.05, 0) is 17.7 Å². The summed E-state index contributed by atoms with van der Waals surface area (Å²) in [5.41, 5.74) is 0.0641. The fourth-order valence-corrected chi connectivity index (χ4v) is 1.36. The maximum atomic E-state index is 11.9. The van der Waals surface area contributed by atoms with Gasteiger partial charge in [0.2, 0.25) is 0 Å². The molecule has 0 bridgehead atoms. The minimum Gasteiger partial charge on any atom is -0.479 e. The van der Waals surface area contributed by atoms with Crippen LogP contribution in [0, 0.1) is 0 Å². The van der Waals surface area contributed by atoms with Crippen LogP contribution in [0.3, 0.4) is 0 Å². The van der Waals surface area contributed by atoms with E-state index < -0.39 is 24.9 Å². The molecule has 1 aromatic carbocycles. The molecule has 0 spiro atoms. The Morgan fingerprint density at radius 1 is 1.47 bits per heavy atom. The highest BCUT2D eigenvalue weighted by Gasteiger charge is 2.32. The third kappa shape index (κ3) is 4.62. The Balaban J connectivity index is 2.83. The van der Waals surface area contributed by atoms with E-state index in [1.54, 1.807) is 0 Å². The number of rotatable bonds is 4. The molecule has 0 fully saturated rings. The molecular weight excluding hydrogens is 261 g/mol. The third-order valence-corrected chi connectivity index (χ3v) is 2.02. The van der Waals surface area contributed by atoms with Gasteiger partial charge in [0.1, 0.15) is 6.61 Å². The molecule has 0 saturated heterocycles. The molecule has 0 radical (unpaired) electrons. The highest BCUT2D eigenvalue weighted by atomic mass is 35.5. The molecule has 0 aliphatic carbocycles. The van der Waals surface area contributed by atoms with Gasteiger partial charge in [-0.2, -0.15) is 13.2 Å². The number of halogens is 4. The van der Waals surface area contributed by atoms with Crippen LogP contribution in [0.25, 0.3) is 0 Å². The Morgan fingerprint density at radius 3 is 2.59 bits per heavy atom. The molecule has 0 saturated carbocycles. The van der Waals surface area contributed by atoms with Crippen molar-refractivity contribution in [2.24, 2.45) is 0 Å². The van der Waals surface area contributed by atoms with Crippen LogP contribution in [0.4, 0.5) is 13.2 Å². The van der Waals surface area contributed by atoms with Crippen molar-refractivity contribution in [3.05, 3.63) is 34.9 Å². The summed E-state index contributed by atoms with van der Waals surface area (Å²) in [7, 11) is 0. The van der Waals surface area contributed by atoms with E-state index in [0.717, 1.165) is 0 Å². The molecule has 1 rings (SSSR count). The number of aliphatic carboxylic acids is 1. The SMILES string of the molecule is O=C(O)C(OCC(F)(F)F)c1cccc(Cl)c1. The van der Waals surface area contributed by atoms with E-state index in [2.05, 4.69) is 4.74 Å². The maximum Gasteiger partial charge on any atom is 0.411 e. The van der Waals surface area contributed by atoms with Crippen molar-refractivity contribution in [3.63, 3.8) is 0 Å². The molecule has 0 aliphatic heterocycles. The monoisotopic (exact) mass is 268 g/mol. The first kappa shape index (κ1) is 13.8. The Bertz CT molecular complexity index is 406. The average molecular weight is 269 g/mol. The predicted octanol–water partition coefficient (Wildman–Crippen LogP) is 3.04. The van der Waals surface area contributed by atoms with Crippen molar-refractivity contribution in [1.82, 2.24) is 0 Å². The van der Waals surface area contributed by atoms with Crippen LogP contribution in [-0.2, 0) is 9.53 Å². The molecule has 0 aliphatic rings. The van der Waals surface area contributed by atoms with E-state index in [1.807, 2.05) is 0 Å². The largest absolute Gasteiger partial charge is 0.479 e. The van der Waals surface area contributed by atoms with Crippen molar-refractivity contribution in [1.29, 1.82) is 0 Å². The van der Waals surface area contributed by atoms with Gasteiger partial charge in [-0.1, -0.05) is 23.7 Å². The molecule has 7 heteroatoms. The maximum absolute atomic E-state index is 11.9. The summed E-state index contributed by atoms with van der Waals surface area (Å²) in [5, 5.41) is 9.01. The molecular formula is C10H8ClF3O3. The Kier molecular flexibility index (Phi) is 4.36. The minimum absolute atomic E-state index is 0.0641. The number of hydrogen-bond acceptors (Lipinski definition) is 2. The summed E-state index contributed by atoms with van der Waals surface area (Å²) in [6, 6.07) is 5.50. The number of carboxylic acid groups (broad SMARTS) is 1. The number of carboxylic acids is 1. The molecule has 1 unspecified atom stereocenters. The van der Waals surface area contributed by atoms with Gasteiger partial charge >= 0.3 is 12.1 Å². The van der Waals surface area contributed by atoms with Crippen LogP contribution in [0.1, 0.15) is 11.7 Å². The van der Waals surface area contributed by atoms with Crippen LogP contribution < -0.4 is 0 Å². The number of carbonyl (C=O) groups is 1. The van der Waals surface area contributed by atoms with E-state index in [1.165, 1.54) is 24.3 Å². The predicted molar refractivity (Wildman–Crippen MR) is 53.8 cm³/mol. The number of hydrogen-bond donors (Lipinski definition) is 1. The highest BCUT2D eigenvalue weighted by Crippen LogP contribution is 2.24. The second kappa shape index (κ2) is 5.37. The van der Waals surface area contributed by atoms with E-state index in [4.69, 9.17) is 16.7 Å². The van der Waals surface area contributed by atoms with Crippen LogP contribution in [-0.4, -0.2) is 23.9 Å². The lowest BCUT2D eigenvalue weighted by Gasteiger charge is -2.15. The fourth-order valence-electron chi connectivity index (χ4n) is 1.16. The normalized spacial score (nSPS) is 13.4. The summed E-state index contributed by atoms with van der Waals surface area (Å²) in [4.78, 5) is 10.8. The highest BCUT2D eigenvalue weighted by molar-refractivity contribution is 6.30. The van der Waals surface area contributed by atoms with Crippen molar-refractivity contribution in [2.45, 2.75) is 12.3 Å². The molecule has 3 nitrogen and oxygen atoms in total. The summed E-state index contributed by atoms with van der Waals surface area (Å²) >= 11 is 5.61. The van der Waals surface area contributed by atoms with Gasteiger partial charge in [0.05, 0.1) is 0 Å². The standard InChI is InChI=1S/C10H8ClF3O3/c11-7-3-1-2-6(4-7)8(9(15)16)17-5-10(12,13)14/h1-4,8H,5H2,(H,15,16). The third-order valence-electron chi connectivity index (χ3n) is 1.79. The summed E-state index contributed by atoms with van der Waals surface area (Å²) in [6.45, 7) is -1.63. The smallest absolute Gasteiger partial charge is 0.411 e. The molecule has 0 aromatic heterocycles. The number of benzene rings is 1. The lowest BCUT2D eigenvalue weighted by atomic mass is 10.1.